The number of nitrogens with zero attached hydrogens (tertiary/aromatic N) is 2. The van der Waals surface area contributed by atoms with Crippen LogP contribution in [0.1, 0.15) is 22.9 Å². The van der Waals surface area contributed by atoms with Crippen LogP contribution in [0, 0.1) is 6.92 Å². The predicted molar refractivity (Wildman–Crippen MR) is 105 cm³/mol. The number of carbonyl (C=O) groups is 2. The van der Waals surface area contributed by atoms with Crippen molar-refractivity contribution in [2.45, 2.75) is 13.0 Å². The van der Waals surface area contributed by atoms with Crippen molar-refractivity contribution in [2.75, 3.05) is 12.0 Å². The molecule has 1 aliphatic rings. The number of aryl methyl sites for hydroxylation is 1. The molecule has 29 heavy (non-hydrogen) atoms. The maximum atomic E-state index is 12.9. The molecule has 4 rings (SSSR count). The SMILES string of the molecule is COc1ccc(/C(O)=C2\C(=O)C(=O)N(c3cc(C)on3)C2c2ccccc2)cc1. The van der Waals surface area contributed by atoms with E-state index in [1.165, 1.54) is 12.0 Å². The first-order valence-electron chi connectivity index (χ1n) is 8.95. The fraction of sp³-hybridized carbons (Fsp3) is 0.136. The number of hydrogen-bond acceptors (Lipinski definition) is 6. The monoisotopic (exact) mass is 390 g/mol. The van der Waals surface area contributed by atoms with Gasteiger partial charge in [-0.1, -0.05) is 35.5 Å². The second kappa shape index (κ2) is 7.27. The van der Waals surface area contributed by atoms with E-state index >= 15 is 0 Å². The van der Waals surface area contributed by atoms with E-state index in [2.05, 4.69) is 5.16 Å². The van der Waals surface area contributed by atoms with Crippen LogP contribution in [-0.2, 0) is 9.59 Å². The minimum Gasteiger partial charge on any atom is -0.507 e. The van der Waals surface area contributed by atoms with Gasteiger partial charge in [0.2, 0.25) is 0 Å². The summed E-state index contributed by atoms with van der Waals surface area (Å²) in [5, 5.41) is 14.9. The van der Waals surface area contributed by atoms with Crippen LogP contribution < -0.4 is 9.64 Å². The van der Waals surface area contributed by atoms with Gasteiger partial charge in [0.15, 0.2) is 5.82 Å². The van der Waals surface area contributed by atoms with Crippen LogP contribution in [0.3, 0.4) is 0 Å². The Labute approximate surface area is 166 Å². The molecule has 1 aromatic heterocycles. The molecule has 1 fully saturated rings. The average molecular weight is 390 g/mol. The molecule has 1 saturated heterocycles. The van der Waals surface area contributed by atoms with Gasteiger partial charge in [0, 0.05) is 11.6 Å². The summed E-state index contributed by atoms with van der Waals surface area (Å²) in [5.41, 5.74) is 1.07. The number of ketones is 1. The molecule has 1 aliphatic heterocycles. The van der Waals surface area contributed by atoms with Crippen molar-refractivity contribution >= 4 is 23.3 Å². The highest BCUT2D eigenvalue weighted by molar-refractivity contribution is 6.51. The molecule has 0 saturated carbocycles. The van der Waals surface area contributed by atoms with Gasteiger partial charge in [-0.05, 0) is 36.8 Å². The number of methoxy groups -OCH3 is 1. The highest BCUT2D eigenvalue weighted by atomic mass is 16.5. The zero-order valence-corrected chi connectivity index (χ0v) is 15.8. The number of aliphatic hydroxyl groups is 1. The molecule has 146 valence electrons. The summed E-state index contributed by atoms with van der Waals surface area (Å²) in [6.45, 7) is 1.70. The van der Waals surface area contributed by atoms with Crippen molar-refractivity contribution < 1.29 is 24.0 Å². The first kappa shape index (κ1) is 18.5. The largest absolute Gasteiger partial charge is 0.507 e. The third-order valence-electron chi connectivity index (χ3n) is 4.79. The van der Waals surface area contributed by atoms with Gasteiger partial charge < -0.3 is 14.4 Å². The highest BCUT2D eigenvalue weighted by Gasteiger charge is 2.48. The predicted octanol–water partition coefficient (Wildman–Crippen LogP) is 3.62. The Balaban J connectivity index is 1.90. The van der Waals surface area contributed by atoms with Crippen LogP contribution in [0.5, 0.6) is 5.75 Å². The van der Waals surface area contributed by atoms with Gasteiger partial charge in [0.1, 0.15) is 17.3 Å². The number of ether oxygens (including phenoxy) is 1. The minimum atomic E-state index is -0.831. The van der Waals surface area contributed by atoms with E-state index in [0.717, 1.165) is 0 Å². The fourth-order valence-corrected chi connectivity index (χ4v) is 3.39. The van der Waals surface area contributed by atoms with Crippen molar-refractivity contribution in [3.8, 4) is 5.75 Å². The lowest BCUT2D eigenvalue weighted by Crippen LogP contribution is -2.29. The zero-order chi connectivity index (χ0) is 20.5. The normalized spacial score (nSPS) is 18.3. The first-order chi connectivity index (χ1) is 14.0. The van der Waals surface area contributed by atoms with Crippen LogP contribution in [0.2, 0.25) is 0 Å². The summed E-state index contributed by atoms with van der Waals surface area (Å²) in [6.07, 6.45) is 0. The second-order valence-corrected chi connectivity index (χ2v) is 6.60. The molecule has 1 atom stereocenters. The van der Waals surface area contributed by atoms with Crippen LogP contribution in [-0.4, -0.2) is 29.1 Å². The third-order valence-corrected chi connectivity index (χ3v) is 4.79. The lowest BCUT2D eigenvalue weighted by molar-refractivity contribution is -0.132. The summed E-state index contributed by atoms with van der Waals surface area (Å²) in [5.74, 6) is -0.492. The number of Topliss-reactive ketones (excluding diaryl/α,β-unsaturated/α-hetero) is 1. The zero-order valence-electron chi connectivity index (χ0n) is 15.8. The highest BCUT2D eigenvalue weighted by Crippen LogP contribution is 2.41. The molecule has 0 radical (unpaired) electrons. The fourth-order valence-electron chi connectivity index (χ4n) is 3.39. The number of benzene rings is 2. The standard InChI is InChI=1S/C22H18N2O5/c1-13-12-17(23-29-13)24-19(14-6-4-3-5-7-14)18(21(26)22(24)27)20(25)15-8-10-16(28-2)11-9-15/h3-12,19,25H,1-2H3/b20-18+. The van der Waals surface area contributed by atoms with Gasteiger partial charge >= 0.3 is 5.91 Å². The summed E-state index contributed by atoms with van der Waals surface area (Å²) in [6, 6.07) is 16.4. The molecule has 1 N–H and O–H groups in total. The molecule has 2 aromatic carbocycles. The van der Waals surface area contributed by atoms with E-state index in [1.807, 2.05) is 6.07 Å². The van der Waals surface area contributed by atoms with Crippen molar-refractivity contribution in [1.29, 1.82) is 0 Å². The summed E-state index contributed by atoms with van der Waals surface area (Å²) < 4.78 is 10.2. The molecule has 2 heterocycles. The maximum Gasteiger partial charge on any atom is 0.301 e. The number of hydrogen-bond donors (Lipinski definition) is 1. The molecular weight excluding hydrogens is 372 g/mol. The molecule has 1 unspecified atom stereocenters. The van der Waals surface area contributed by atoms with E-state index in [-0.39, 0.29) is 17.2 Å². The smallest absolute Gasteiger partial charge is 0.301 e. The number of anilines is 1. The summed E-state index contributed by atoms with van der Waals surface area (Å²) in [7, 11) is 1.54. The van der Waals surface area contributed by atoms with E-state index < -0.39 is 17.7 Å². The number of carbonyl (C=O) groups excluding carboxylic acids is 2. The minimum absolute atomic E-state index is 0.00739. The Bertz CT molecular complexity index is 1100. The van der Waals surface area contributed by atoms with Crippen LogP contribution in [0.25, 0.3) is 5.76 Å². The van der Waals surface area contributed by atoms with E-state index in [1.54, 1.807) is 61.5 Å². The van der Waals surface area contributed by atoms with Crippen molar-refractivity contribution in [3.05, 3.63) is 83.1 Å². The maximum absolute atomic E-state index is 12.9. The Hall–Kier alpha value is -3.87. The van der Waals surface area contributed by atoms with Crippen LogP contribution in [0.4, 0.5) is 5.82 Å². The lowest BCUT2D eigenvalue weighted by atomic mass is 9.95. The van der Waals surface area contributed by atoms with Gasteiger partial charge in [-0.25, -0.2) is 0 Å². The van der Waals surface area contributed by atoms with Crippen LogP contribution >= 0.6 is 0 Å². The van der Waals surface area contributed by atoms with Gasteiger partial charge in [0.05, 0.1) is 18.7 Å². The van der Waals surface area contributed by atoms with Crippen molar-refractivity contribution in [1.82, 2.24) is 5.16 Å². The Morgan fingerprint density at radius 2 is 1.79 bits per heavy atom. The van der Waals surface area contributed by atoms with E-state index in [9.17, 15) is 14.7 Å². The molecule has 3 aromatic rings. The number of aromatic nitrogens is 1. The Morgan fingerprint density at radius 1 is 1.10 bits per heavy atom. The first-order valence-corrected chi connectivity index (χ1v) is 8.95. The lowest BCUT2D eigenvalue weighted by Gasteiger charge is -2.22. The number of amides is 1. The molecule has 0 bridgehead atoms. The van der Waals surface area contributed by atoms with E-state index in [4.69, 9.17) is 9.26 Å². The Morgan fingerprint density at radius 3 is 2.38 bits per heavy atom. The second-order valence-electron chi connectivity index (χ2n) is 6.60. The van der Waals surface area contributed by atoms with Crippen molar-refractivity contribution in [3.63, 3.8) is 0 Å². The van der Waals surface area contributed by atoms with Crippen LogP contribution in [0.15, 0.2) is 70.8 Å². The summed E-state index contributed by atoms with van der Waals surface area (Å²) >= 11 is 0. The van der Waals surface area contributed by atoms with E-state index in [0.29, 0.717) is 22.6 Å². The number of rotatable bonds is 4. The molecule has 0 spiro atoms. The Kier molecular flexibility index (Phi) is 4.64. The van der Waals surface area contributed by atoms with Gasteiger partial charge in [-0.3, -0.25) is 14.5 Å². The molecule has 7 nitrogen and oxygen atoms in total. The van der Waals surface area contributed by atoms with Gasteiger partial charge in [0.25, 0.3) is 5.78 Å². The quantitative estimate of drug-likeness (QED) is 0.416. The van der Waals surface area contributed by atoms with Gasteiger partial charge in [-0.2, -0.15) is 0 Å². The van der Waals surface area contributed by atoms with Gasteiger partial charge in [-0.15, -0.1) is 0 Å². The molecule has 0 aliphatic carbocycles. The third kappa shape index (κ3) is 3.16. The molecule has 1 amide bonds. The number of aliphatic hydroxyl groups excluding tert-OH is 1. The molecule has 7 heteroatoms. The average Bonchev–Trinajstić information content (AvgIpc) is 3.29. The topological polar surface area (TPSA) is 92.9 Å². The van der Waals surface area contributed by atoms with Crippen molar-refractivity contribution in [2.24, 2.45) is 0 Å². The summed E-state index contributed by atoms with van der Waals surface area (Å²) in [4.78, 5) is 27.1. The molecular formula is C22H18N2O5.